The van der Waals surface area contributed by atoms with Crippen molar-refractivity contribution in [1.82, 2.24) is 0 Å². The smallest absolute Gasteiger partial charge is 0.307 e. The number of aryl methyl sites for hydroxylation is 1. The van der Waals surface area contributed by atoms with Crippen LogP contribution in [-0.4, -0.2) is 38.3 Å². The first-order chi connectivity index (χ1) is 13.1. The highest BCUT2D eigenvalue weighted by Crippen LogP contribution is 2.19. The average Bonchev–Trinajstić information content (AvgIpc) is 2.62. The van der Waals surface area contributed by atoms with Crippen molar-refractivity contribution in [2.45, 2.75) is 31.3 Å². The molecule has 8 heteroatoms. The number of benzene rings is 2. The van der Waals surface area contributed by atoms with Crippen LogP contribution < -0.4 is 4.72 Å². The van der Waals surface area contributed by atoms with Crippen molar-refractivity contribution in [1.29, 1.82) is 0 Å². The summed E-state index contributed by atoms with van der Waals surface area (Å²) in [6, 6.07) is 14.0. The molecule has 0 spiro atoms. The van der Waals surface area contributed by atoms with Gasteiger partial charge < -0.3 is 4.74 Å². The Hall–Kier alpha value is -2.32. The Bertz CT molecular complexity index is 922. The Kier molecular flexibility index (Phi) is 7.65. The molecule has 0 aromatic heterocycles. The highest BCUT2D eigenvalue weighted by Gasteiger charge is 2.19. The van der Waals surface area contributed by atoms with Gasteiger partial charge in [0, 0.05) is 21.9 Å². The summed E-state index contributed by atoms with van der Waals surface area (Å²) in [7, 11) is -3.38. The van der Waals surface area contributed by atoms with Crippen LogP contribution in [0.5, 0.6) is 0 Å². The SMILES string of the molecule is Cc1ccc(SCCC(=O)OC(C)C(=O)c2ccc(NS(C)(=O)=O)cc2)cc1. The van der Waals surface area contributed by atoms with Crippen LogP contribution >= 0.6 is 11.8 Å². The lowest BCUT2D eigenvalue weighted by atomic mass is 10.1. The Labute approximate surface area is 169 Å². The number of esters is 1. The molecule has 0 saturated heterocycles. The van der Waals surface area contributed by atoms with Crippen LogP contribution in [0.1, 0.15) is 29.3 Å². The zero-order chi connectivity index (χ0) is 20.7. The van der Waals surface area contributed by atoms with Gasteiger partial charge in [0.1, 0.15) is 0 Å². The highest BCUT2D eigenvalue weighted by atomic mass is 32.2. The maximum absolute atomic E-state index is 12.4. The Balaban J connectivity index is 1.82. The number of hydrogen-bond donors (Lipinski definition) is 1. The Morgan fingerprint density at radius 2 is 1.68 bits per heavy atom. The van der Waals surface area contributed by atoms with Crippen molar-refractivity contribution in [2.75, 3.05) is 16.7 Å². The van der Waals surface area contributed by atoms with Crippen LogP contribution in [0.2, 0.25) is 0 Å². The first-order valence-electron chi connectivity index (χ1n) is 8.65. The highest BCUT2D eigenvalue weighted by molar-refractivity contribution is 7.99. The summed E-state index contributed by atoms with van der Waals surface area (Å²) in [5, 5.41) is 0. The third kappa shape index (κ3) is 7.36. The van der Waals surface area contributed by atoms with Gasteiger partial charge in [-0.1, -0.05) is 17.7 Å². The molecule has 0 amide bonds. The summed E-state index contributed by atoms with van der Waals surface area (Å²) >= 11 is 1.55. The number of sulfonamides is 1. The molecule has 0 bridgehead atoms. The molecule has 2 aromatic rings. The number of carbonyl (C=O) groups is 2. The minimum absolute atomic E-state index is 0.202. The van der Waals surface area contributed by atoms with Crippen LogP contribution in [0.15, 0.2) is 53.4 Å². The molecule has 6 nitrogen and oxygen atoms in total. The molecular formula is C20H23NO5S2. The number of rotatable bonds is 9. The van der Waals surface area contributed by atoms with Crippen molar-refractivity contribution in [3.63, 3.8) is 0 Å². The first-order valence-corrected chi connectivity index (χ1v) is 11.5. The maximum Gasteiger partial charge on any atom is 0.307 e. The quantitative estimate of drug-likeness (QED) is 0.378. The van der Waals surface area contributed by atoms with E-state index >= 15 is 0 Å². The molecule has 0 saturated carbocycles. The summed E-state index contributed by atoms with van der Waals surface area (Å²) in [5.41, 5.74) is 1.88. The molecule has 0 aliphatic carbocycles. The van der Waals surface area contributed by atoms with E-state index in [9.17, 15) is 18.0 Å². The largest absolute Gasteiger partial charge is 0.454 e. The van der Waals surface area contributed by atoms with Crippen molar-refractivity contribution in [3.05, 3.63) is 59.7 Å². The van der Waals surface area contributed by atoms with Crippen molar-refractivity contribution >= 4 is 39.2 Å². The summed E-state index contributed by atoms with van der Waals surface area (Å²) in [5.74, 6) is -0.212. The molecule has 2 aromatic carbocycles. The van der Waals surface area contributed by atoms with Gasteiger partial charge >= 0.3 is 5.97 Å². The lowest BCUT2D eigenvalue weighted by molar-refractivity contribution is -0.145. The van der Waals surface area contributed by atoms with Gasteiger partial charge in [-0.25, -0.2) is 8.42 Å². The van der Waals surface area contributed by atoms with Crippen LogP contribution in [0, 0.1) is 6.92 Å². The summed E-state index contributed by atoms with van der Waals surface area (Å²) in [6.45, 7) is 3.54. The van der Waals surface area contributed by atoms with E-state index in [-0.39, 0.29) is 12.2 Å². The number of nitrogens with one attached hydrogen (secondary N) is 1. The van der Waals surface area contributed by atoms with Gasteiger partial charge in [-0.2, -0.15) is 0 Å². The second kappa shape index (κ2) is 9.75. The van der Waals surface area contributed by atoms with Gasteiger partial charge in [-0.05, 0) is 50.2 Å². The lowest BCUT2D eigenvalue weighted by Crippen LogP contribution is -2.24. The number of hydrogen-bond acceptors (Lipinski definition) is 6. The standard InChI is InChI=1S/C20H23NO5S2/c1-14-4-10-18(11-5-14)27-13-12-19(22)26-15(2)20(23)16-6-8-17(9-7-16)21-28(3,24)25/h4-11,15,21H,12-13H2,1-3H3. The third-order valence-electron chi connectivity index (χ3n) is 3.75. The van der Waals surface area contributed by atoms with E-state index in [0.29, 0.717) is 17.0 Å². The van der Waals surface area contributed by atoms with Crippen molar-refractivity contribution in [3.8, 4) is 0 Å². The molecule has 0 radical (unpaired) electrons. The average molecular weight is 422 g/mol. The number of thioether (sulfide) groups is 1. The molecule has 1 unspecified atom stereocenters. The minimum atomic E-state index is -3.38. The molecule has 28 heavy (non-hydrogen) atoms. The topological polar surface area (TPSA) is 89.5 Å². The van der Waals surface area contributed by atoms with E-state index < -0.39 is 22.1 Å². The molecule has 150 valence electrons. The van der Waals surface area contributed by atoms with E-state index in [1.54, 1.807) is 11.8 Å². The minimum Gasteiger partial charge on any atom is -0.454 e. The molecule has 2 rings (SSSR count). The fraction of sp³-hybridized carbons (Fsp3) is 0.300. The van der Waals surface area contributed by atoms with Crippen molar-refractivity contribution in [2.24, 2.45) is 0 Å². The van der Waals surface area contributed by atoms with Gasteiger partial charge in [0.25, 0.3) is 0 Å². The van der Waals surface area contributed by atoms with E-state index in [2.05, 4.69) is 4.72 Å². The second-order valence-electron chi connectivity index (χ2n) is 6.36. The van der Waals surface area contributed by atoms with E-state index in [0.717, 1.165) is 11.2 Å². The predicted octanol–water partition coefficient (Wildman–Crippen LogP) is 3.66. The molecule has 0 aliphatic rings. The Morgan fingerprint density at radius 3 is 2.25 bits per heavy atom. The fourth-order valence-electron chi connectivity index (χ4n) is 2.35. The molecule has 0 fully saturated rings. The molecule has 0 aliphatic heterocycles. The van der Waals surface area contributed by atoms with Crippen molar-refractivity contribution < 1.29 is 22.7 Å². The van der Waals surface area contributed by atoms with Gasteiger partial charge in [-0.3, -0.25) is 14.3 Å². The van der Waals surface area contributed by atoms with Gasteiger partial charge in [0.2, 0.25) is 15.8 Å². The summed E-state index contributed by atoms with van der Waals surface area (Å²) in [4.78, 5) is 25.4. The summed E-state index contributed by atoms with van der Waals surface area (Å²) < 4.78 is 29.9. The van der Waals surface area contributed by atoms with E-state index in [1.165, 1.54) is 36.8 Å². The maximum atomic E-state index is 12.4. The molecule has 1 atom stereocenters. The first kappa shape index (κ1) is 22.0. The predicted molar refractivity (Wildman–Crippen MR) is 111 cm³/mol. The Morgan fingerprint density at radius 1 is 1.07 bits per heavy atom. The van der Waals surface area contributed by atoms with E-state index in [4.69, 9.17) is 4.74 Å². The van der Waals surface area contributed by atoms with Gasteiger partial charge in [0.05, 0.1) is 12.7 Å². The third-order valence-corrected chi connectivity index (χ3v) is 5.37. The zero-order valence-electron chi connectivity index (χ0n) is 16.0. The fourth-order valence-corrected chi connectivity index (χ4v) is 3.74. The molecular weight excluding hydrogens is 398 g/mol. The monoisotopic (exact) mass is 421 g/mol. The number of ether oxygens (including phenoxy) is 1. The number of carbonyl (C=O) groups excluding carboxylic acids is 2. The molecule has 0 heterocycles. The van der Waals surface area contributed by atoms with Crippen LogP contribution in [0.3, 0.4) is 0 Å². The summed E-state index contributed by atoms with van der Waals surface area (Å²) in [6.07, 6.45) is 0.337. The normalized spacial score (nSPS) is 12.2. The number of ketones is 1. The number of anilines is 1. The van der Waals surface area contributed by atoms with Crippen LogP contribution in [-0.2, 0) is 19.6 Å². The van der Waals surface area contributed by atoms with Gasteiger partial charge in [0.15, 0.2) is 6.10 Å². The second-order valence-corrected chi connectivity index (χ2v) is 9.28. The molecule has 1 N–H and O–H groups in total. The zero-order valence-corrected chi connectivity index (χ0v) is 17.6. The van der Waals surface area contributed by atoms with Gasteiger partial charge in [-0.15, -0.1) is 11.8 Å². The van der Waals surface area contributed by atoms with E-state index in [1.807, 2.05) is 31.2 Å². The number of Topliss-reactive ketones (excluding diaryl/α,β-unsaturated/α-hetero) is 1. The van der Waals surface area contributed by atoms with Crippen LogP contribution in [0.4, 0.5) is 5.69 Å². The lowest BCUT2D eigenvalue weighted by Gasteiger charge is -2.13. The van der Waals surface area contributed by atoms with Crippen LogP contribution in [0.25, 0.3) is 0 Å².